The van der Waals surface area contributed by atoms with Gasteiger partial charge in [-0.3, -0.25) is 4.79 Å². The maximum absolute atomic E-state index is 12.5. The minimum absolute atomic E-state index is 0.0875. The fraction of sp³-hybridized carbons (Fsp3) is 0.360. The van der Waals surface area contributed by atoms with Gasteiger partial charge in [-0.05, 0) is 18.8 Å². The molecule has 29 heavy (non-hydrogen) atoms. The number of carbonyl (C=O) groups excluding carboxylic acids is 1. The Kier molecular flexibility index (Phi) is 6.09. The number of amides is 1. The molecule has 1 saturated carbocycles. The van der Waals surface area contributed by atoms with Crippen molar-refractivity contribution >= 4 is 5.91 Å². The van der Waals surface area contributed by atoms with Crippen LogP contribution < -0.4 is 5.32 Å². The second-order valence-electron chi connectivity index (χ2n) is 7.95. The summed E-state index contributed by atoms with van der Waals surface area (Å²) in [5.74, 6) is 2.01. The van der Waals surface area contributed by atoms with Crippen molar-refractivity contribution in [3.63, 3.8) is 0 Å². The Morgan fingerprint density at radius 1 is 1.00 bits per heavy atom. The van der Waals surface area contributed by atoms with Crippen molar-refractivity contribution in [2.45, 2.75) is 51.5 Å². The summed E-state index contributed by atoms with van der Waals surface area (Å²) in [5.41, 5.74) is 2.83. The minimum atomic E-state index is 0.0875. The van der Waals surface area contributed by atoms with Crippen LogP contribution in [0.25, 0.3) is 22.6 Å². The van der Waals surface area contributed by atoms with Crippen molar-refractivity contribution in [1.82, 2.24) is 10.3 Å². The Hall–Kier alpha value is -2.88. The van der Waals surface area contributed by atoms with Crippen LogP contribution >= 0.6 is 0 Å². The molecule has 1 aromatic heterocycles. The van der Waals surface area contributed by atoms with E-state index in [0.717, 1.165) is 29.0 Å². The third-order valence-corrected chi connectivity index (χ3v) is 5.78. The lowest BCUT2D eigenvalue weighted by atomic mass is 9.86. The first-order valence-corrected chi connectivity index (χ1v) is 10.6. The largest absolute Gasteiger partial charge is 0.440 e. The van der Waals surface area contributed by atoms with Crippen molar-refractivity contribution in [3.8, 4) is 22.6 Å². The zero-order valence-corrected chi connectivity index (χ0v) is 16.9. The van der Waals surface area contributed by atoms with E-state index in [0.29, 0.717) is 30.7 Å². The molecule has 2 unspecified atom stereocenters. The molecule has 4 heteroatoms. The number of hydrogen-bond donors (Lipinski definition) is 1. The first kappa shape index (κ1) is 19.4. The van der Waals surface area contributed by atoms with Crippen LogP contribution in [0.4, 0.5) is 0 Å². The number of aryl methyl sites for hydroxylation is 1. The number of oxazole rings is 1. The van der Waals surface area contributed by atoms with Gasteiger partial charge in [0.2, 0.25) is 5.91 Å². The molecule has 3 aromatic rings. The highest BCUT2D eigenvalue weighted by Gasteiger charge is 2.23. The van der Waals surface area contributed by atoms with Gasteiger partial charge in [0.1, 0.15) is 5.69 Å². The topological polar surface area (TPSA) is 55.1 Å². The van der Waals surface area contributed by atoms with Gasteiger partial charge in [-0.1, -0.05) is 80.4 Å². The second kappa shape index (κ2) is 9.08. The van der Waals surface area contributed by atoms with Crippen molar-refractivity contribution in [3.05, 3.63) is 66.6 Å². The average Bonchev–Trinajstić information content (AvgIpc) is 3.20. The standard InChI is InChI=1S/C25H28N2O2/c1-18-10-8-9-15-21(18)26-22(28)16-17-23-27-24(19-11-4-2-5-12-19)25(29-23)20-13-6-3-7-14-20/h2-7,11-14,18,21H,8-10,15-17H2,1H3,(H,26,28). The molecule has 1 N–H and O–H groups in total. The summed E-state index contributed by atoms with van der Waals surface area (Å²) >= 11 is 0. The lowest BCUT2D eigenvalue weighted by molar-refractivity contribution is -0.122. The van der Waals surface area contributed by atoms with Crippen LogP contribution in [-0.2, 0) is 11.2 Å². The molecule has 0 bridgehead atoms. The molecule has 0 saturated heterocycles. The fourth-order valence-corrected chi connectivity index (χ4v) is 4.08. The molecule has 2 aromatic carbocycles. The van der Waals surface area contributed by atoms with Gasteiger partial charge in [0.15, 0.2) is 11.7 Å². The van der Waals surface area contributed by atoms with Crippen LogP contribution in [0.1, 0.15) is 44.9 Å². The molecular weight excluding hydrogens is 360 g/mol. The zero-order valence-electron chi connectivity index (χ0n) is 16.9. The van der Waals surface area contributed by atoms with Crippen LogP contribution in [0.2, 0.25) is 0 Å². The maximum Gasteiger partial charge on any atom is 0.220 e. The molecule has 1 heterocycles. The molecule has 0 spiro atoms. The summed E-state index contributed by atoms with van der Waals surface area (Å²) in [4.78, 5) is 17.2. The van der Waals surface area contributed by atoms with Gasteiger partial charge >= 0.3 is 0 Å². The third-order valence-electron chi connectivity index (χ3n) is 5.78. The number of nitrogens with zero attached hydrogens (tertiary/aromatic N) is 1. The highest BCUT2D eigenvalue weighted by atomic mass is 16.4. The summed E-state index contributed by atoms with van der Waals surface area (Å²) in [6, 6.07) is 20.4. The molecule has 0 aliphatic heterocycles. The molecule has 0 radical (unpaired) electrons. The van der Waals surface area contributed by atoms with Crippen LogP contribution in [0.3, 0.4) is 0 Å². The normalized spacial score (nSPS) is 19.1. The van der Waals surface area contributed by atoms with Crippen molar-refractivity contribution < 1.29 is 9.21 Å². The lowest BCUT2D eigenvalue weighted by Gasteiger charge is -2.29. The van der Waals surface area contributed by atoms with Gasteiger partial charge < -0.3 is 9.73 Å². The molecule has 4 rings (SSSR count). The Balaban J connectivity index is 1.49. The van der Waals surface area contributed by atoms with Crippen molar-refractivity contribution in [2.75, 3.05) is 0 Å². The van der Waals surface area contributed by atoms with Crippen molar-refractivity contribution in [2.24, 2.45) is 5.92 Å². The quantitative estimate of drug-likeness (QED) is 0.595. The second-order valence-corrected chi connectivity index (χ2v) is 7.95. The number of benzene rings is 2. The number of rotatable bonds is 6. The van der Waals surface area contributed by atoms with Gasteiger partial charge in [0, 0.05) is 30.0 Å². The monoisotopic (exact) mass is 388 g/mol. The Labute approximate surface area is 172 Å². The van der Waals surface area contributed by atoms with E-state index >= 15 is 0 Å². The van der Waals surface area contributed by atoms with E-state index in [1.165, 1.54) is 19.3 Å². The molecule has 1 aliphatic rings. The van der Waals surface area contributed by atoms with E-state index in [2.05, 4.69) is 12.2 Å². The van der Waals surface area contributed by atoms with Gasteiger partial charge in [0.25, 0.3) is 0 Å². The predicted molar refractivity (Wildman–Crippen MR) is 115 cm³/mol. The Bertz CT molecular complexity index is 877. The summed E-state index contributed by atoms with van der Waals surface area (Å²) in [7, 11) is 0. The number of aromatic nitrogens is 1. The summed E-state index contributed by atoms with van der Waals surface area (Å²) < 4.78 is 6.13. The third kappa shape index (κ3) is 4.76. The highest BCUT2D eigenvalue weighted by Crippen LogP contribution is 2.33. The molecule has 4 nitrogen and oxygen atoms in total. The van der Waals surface area contributed by atoms with Crippen LogP contribution in [0.5, 0.6) is 0 Å². The van der Waals surface area contributed by atoms with E-state index in [-0.39, 0.29) is 5.91 Å². The van der Waals surface area contributed by atoms with Gasteiger partial charge in [-0.15, -0.1) is 0 Å². The van der Waals surface area contributed by atoms with E-state index in [9.17, 15) is 4.79 Å². The van der Waals surface area contributed by atoms with Gasteiger partial charge in [-0.2, -0.15) is 0 Å². The smallest absolute Gasteiger partial charge is 0.220 e. The van der Waals surface area contributed by atoms with Crippen LogP contribution in [-0.4, -0.2) is 16.9 Å². The highest BCUT2D eigenvalue weighted by molar-refractivity contribution is 5.78. The Morgan fingerprint density at radius 3 is 2.34 bits per heavy atom. The molecule has 1 amide bonds. The molecule has 2 atom stereocenters. The van der Waals surface area contributed by atoms with E-state index in [4.69, 9.17) is 9.40 Å². The summed E-state index contributed by atoms with van der Waals surface area (Å²) in [6.07, 6.45) is 5.66. The average molecular weight is 389 g/mol. The first-order chi connectivity index (χ1) is 14.2. The predicted octanol–water partition coefficient (Wildman–Crippen LogP) is 5.64. The lowest BCUT2D eigenvalue weighted by Crippen LogP contribution is -2.41. The number of carbonyl (C=O) groups is 1. The number of hydrogen-bond acceptors (Lipinski definition) is 3. The summed E-state index contributed by atoms with van der Waals surface area (Å²) in [5, 5.41) is 3.22. The number of nitrogens with one attached hydrogen (secondary N) is 1. The maximum atomic E-state index is 12.5. The van der Waals surface area contributed by atoms with Crippen LogP contribution in [0.15, 0.2) is 65.1 Å². The molecule has 150 valence electrons. The minimum Gasteiger partial charge on any atom is -0.440 e. The fourth-order valence-electron chi connectivity index (χ4n) is 4.08. The van der Waals surface area contributed by atoms with E-state index in [1.54, 1.807) is 0 Å². The van der Waals surface area contributed by atoms with Crippen molar-refractivity contribution in [1.29, 1.82) is 0 Å². The van der Waals surface area contributed by atoms with Gasteiger partial charge in [0.05, 0.1) is 0 Å². The molecule has 1 aliphatic carbocycles. The van der Waals surface area contributed by atoms with E-state index in [1.807, 2.05) is 60.7 Å². The SMILES string of the molecule is CC1CCCCC1NC(=O)CCc1nc(-c2ccccc2)c(-c2ccccc2)o1. The summed E-state index contributed by atoms with van der Waals surface area (Å²) in [6.45, 7) is 2.23. The molecular formula is C25H28N2O2. The van der Waals surface area contributed by atoms with Crippen LogP contribution in [0, 0.1) is 5.92 Å². The van der Waals surface area contributed by atoms with Gasteiger partial charge in [-0.25, -0.2) is 4.98 Å². The van der Waals surface area contributed by atoms with E-state index < -0.39 is 0 Å². The Morgan fingerprint density at radius 2 is 1.66 bits per heavy atom. The molecule has 1 fully saturated rings. The zero-order chi connectivity index (χ0) is 20.1. The first-order valence-electron chi connectivity index (χ1n) is 10.6.